The number of amides is 21. The molecule has 0 aromatic rings. The maximum absolute atomic E-state index is 12.6. The van der Waals surface area contributed by atoms with E-state index in [1.54, 1.807) is 31.0 Å². The molecule has 14 aliphatic heterocycles. The number of rotatable bonds is 35. The first kappa shape index (κ1) is 121. The Hall–Kier alpha value is -9.85. The number of piperidine rings is 7. The van der Waals surface area contributed by atoms with E-state index in [9.17, 15) is 126 Å². The van der Waals surface area contributed by atoms with E-state index in [4.69, 9.17) is 31.9 Å². The van der Waals surface area contributed by atoms with Gasteiger partial charge in [-0.05, 0) is 156 Å². The van der Waals surface area contributed by atoms with Crippen molar-refractivity contribution in [2.75, 3.05) is 99.2 Å². The minimum Gasteiger partial charge on any atom is -0.355 e. The van der Waals surface area contributed by atoms with Gasteiger partial charge in [0, 0.05) is 111 Å². The fraction of sp³-hybridized carbons (Fsp3) is 0.811. The van der Waals surface area contributed by atoms with Crippen molar-refractivity contribution in [1.29, 1.82) is 0 Å². The van der Waals surface area contributed by atoms with Crippen LogP contribution in [0.4, 0.5) is 33.6 Å². The summed E-state index contributed by atoms with van der Waals surface area (Å²) in [4.78, 5) is 178. The zero-order valence-corrected chi connectivity index (χ0v) is 87.7. The standard InChI is InChI=1S/C13H24N4O6S.C11H20N4O6S.C11H17N3O6S.C11H19N3O6S.C10H17N3O6S.C9H16N4O6S.C9H15N3O6S/c1-8(2)16(9(3)4)14-12(18)11-6-5-10-7-15(11)13(19)17(10)23-24(20,21)22;1-3-13(4-2)12-10(16)9-6-5-8-7-14(9)11(17)15(8)21-22(18,19)20;15-10(12-5-7-1-2-7)9-4-3-8-6-13(9)11(16)14(8)20-21(17,18)19;1-7(2)5-12-10(15)9-4-3-8-6-13(9)11(16)14(8)20-21(17,18)19;1-2-5-11-9(14)8-4-3-7-6-12(8)10(15)13(7)19-20(16,17)18;1-11(2)10-8(14)7-4-3-6-5-12(7)9(15)13(6)19-20(16,17)18;1-2-10-8(13)7-4-3-6-5-11(7)9(14)12(6)18-19(15,16)17/h8-11H,5-7H2,1-4H3,(H,14,18)(H,20,21,22);8-9H,3-7H2,1-2H3,(H,12,16)(H,18,19,20);7-9H,1-6H2,(H,12,15)(H,17,18,19);7-9H,3-6H2,1-2H3,(H,12,15)(H,17,18,19);7-8H,2-6H2,1H3,(H,11,14)(H,16,17,18);6-7H,3-5H2,1-2H3,(H,10,14)(H,16,17,18);6-7H,2-5H2,1H3,(H,10,13)(H,15,16,17)/t10-,11+;3*8-,9+;7-,8+;2*6-,7+/m1111111/s1. The maximum atomic E-state index is 12.6. The average Bonchev–Trinajstić information content (AvgIpc) is 2.11. The van der Waals surface area contributed by atoms with Crippen molar-refractivity contribution < 1.29 is 188 Å². The predicted molar refractivity (Wildman–Crippen MR) is 492 cm³/mol. The lowest BCUT2D eigenvalue weighted by Gasteiger charge is -2.35. The molecule has 66 nitrogen and oxygen atoms in total. The first-order valence-electron chi connectivity index (χ1n) is 46.8. The van der Waals surface area contributed by atoms with Crippen molar-refractivity contribution in [3.8, 4) is 0 Å². The molecule has 21 amide bonds. The van der Waals surface area contributed by atoms with Crippen LogP contribution in [0.2, 0.25) is 0 Å². The molecule has 14 saturated heterocycles. The molecule has 0 aromatic heterocycles. The Labute approximate surface area is 848 Å². The van der Waals surface area contributed by atoms with Crippen molar-refractivity contribution in [3.63, 3.8) is 0 Å². The molecule has 15 aliphatic rings. The molecule has 15 rings (SSSR count). The molecule has 14 atom stereocenters. The van der Waals surface area contributed by atoms with Gasteiger partial charge in [-0.1, -0.05) is 34.6 Å². The van der Waals surface area contributed by atoms with Gasteiger partial charge in [0.15, 0.2) is 0 Å². The quantitative estimate of drug-likeness (QED) is 0.0212. The van der Waals surface area contributed by atoms with Crippen LogP contribution in [0, 0.1) is 11.8 Å². The number of urea groups is 7. The van der Waals surface area contributed by atoms with Crippen LogP contribution in [0.15, 0.2) is 0 Å². The van der Waals surface area contributed by atoms with Crippen molar-refractivity contribution >= 4 is 156 Å². The number of hydroxylamine groups is 14. The summed E-state index contributed by atoms with van der Waals surface area (Å²) in [5, 5.41) is 20.3. The van der Waals surface area contributed by atoms with E-state index >= 15 is 0 Å². The molecular weight excluding hydrogens is 2120 g/mol. The lowest BCUT2D eigenvalue weighted by Crippen LogP contribution is -2.57. The molecule has 14 heterocycles. The smallest absolute Gasteiger partial charge is 0.355 e. The summed E-state index contributed by atoms with van der Waals surface area (Å²) in [7, 11) is -30.1. The Morgan fingerprint density at radius 3 is 0.728 bits per heavy atom. The highest BCUT2D eigenvalue weighted by atomic mass is 32.3. The Morgan fingerprint density at radius 1 is 0.306 bits per heavy atom. The van der Waals surface area contributed by atoms with Crippen molar-refractivity contribution in [1.82, 2.24) is 122 Å². The SMILES string of the molecule is CC(C)CNC(=O)[C@@H]1CC[C@@H]2CN1C(=O)N2OS(=O)(=O)O.CC(C)N(NC(=O)[C@@H]1CC[C@@H]2CN1C(=O)N2OS(=O)(=O)O)C(C)C.CCCNC(=O)[C@@H]1CC[C@@H]2CN1C(=O)N2OS(=O)(=O)O.CCN(CC)NC(=O)[C@@H]1CC[C@@H]2CN1C(=O)N2OS(=O)(=O)O.CCNC(=O)[C@@H]1CC[C@@H]2CN1C(=O)N2OS(=O)(=O)O.CN(C)NC(=O)[C@@H]1CC[C@@H]2CN1C(=O)N2OS(=O)(=O)O.O=C(NCC1CC1)[C@@H]1CC[C@@H]2CN1C(=O)N2OS(=O)(=O)O. The van der Waals surface area contributed by atoms with Gasteiger partial charge in [-0.3, -0.25) is 81.7 Å². The topological polar surface area (TPSA) is 823 Å². The highest BCUT2D eigenvalue weighted by Crippen LogP contribution is 2.39. The summed E-state index contributed by atoms with van der Waals surface area (Å²) >= 11 is 0. The van der Waals surface area contributed by atoms with E-state index in [0.717, 1.165) is 19.3 Å². The first-order chi connectivity index (χ1) is 68.2. The molecular formula is C74H128N24O42S7. The number of nitrogens with one attached hydrogen (secondary N) is 7. The van der Waals surface area contributed by atoms with Crippen LogP contribution >= 0.6 is 0 Å². The number of fused-ring (bicyclic) bond motifs is 14. The van der Waals surface area contributed by atoms with Crippen LogP contribution in [-0.2, 0) is 136 Å². The van der Waals surface area contributed by atoms with E-state index in [1.165, 1.54) is 39.3 Å². The molecule has 147 heavy (non-hydrogen) atoms. The van der Waals surface area contributed by atoms with E-state index in [2.05, 4.69) is 67.5 Å². The summed E-state index contributed by atoms with van der Waals surface area (Å²) in [6.45, 7) is 23.9. The third-order valence-corrected chi connectivity index (χ3v) is 27.6. The lowest BCUT2D eigenvalue weighted by atomic mass is 10.00. The second-order valence-corrected chi connectivity index (χ2v) is 44.2. The van der Waals surface area contributed by atoms with Crippen LogP contribution in [0.3, 0.4) is 0 Å². The monoisotopic (exact) mass is 2250 g/mol. The van der Waals surface area contributed by atoms with Crippen LogP contribution in [0.25, 0.3) is 0 Å². The molecule has 73 heteroatoms. The summed E-state index contributed by atoms with van der Waals surface area (Å²) in [6.07, 6.45) is 8.86. The van der Waals surface area contributed by atoms with Gasteiger partial charge < -0.3 is 55.6 Å². The zero-order chi connectivity index (χ0) is 110. The molecule has 0 unspecified atom stereocenters. The Kier molecular flexibility index (Phi) is 41.0. The lowest BCUT2D eigenvalue weighted by molar-refractivity contribution is -0.133. The predicted octanol–water partition coefficient (Wildman–Crippen LogP) is -4.00. The molecule has 0 spiro atoms. The van der Waals surface area contributed by atoms with Crippen molar-refractivity contribution in [2.45, 2.75) is 275 Å². The first-order valence-corrected chi connectivity index (χ1v) is 56.3. The van der Waals surface area contributed by atoms with Gasteiger partial charge in [0.05, 0.1) is 42.3 Å². The highest BCUT2D eigenvalue weighted by molar-refractivity contribution is 7.82. The molecule has 14 bridgehead atoms. The highest BCUT2D eigenvalue weighted by Gasteiger charge is 2.57. The van der Waals surface area contributed by atoms with E-state index < -0.39 is 200 Å². The van der Waals surface area contributed by atoms with Gasteiger partial charge in [-0.2, -0.15) is 94.4 Å². The van der Waals surface area contributed by atoms with Crippen LogP contribution in [-0.4, -0.2) is 455 Å². The molecule has 838 valence electrons. The fourth-order valence-electron chi connectivity index (χ4n) is 18.5. The third-order valence-electron chi connectivity index (χ3n) is 25.2. The van der Waals surface area contributed by atoms with Gasteiger partial charge in [-0.15, -0.1) is 30.0 Å². The molecule has 1 aliphatic carbocycles. The summed E-state index contributed by atoms with van der Waals surface area (Å²) in [5.74, 6) is -1.17. The van der Waals surface area contributed by atoms with Crippen molar-refractivity contribution in [3.05, 3.63) is 0 Å². The van der Waals surface area contributed by atoms with Gasteiger partial charge in [0.1, 0.15) is 42.3 Å². The normalized spacial score (nSPS) is 26.1. The van der Waals surface area contributed by atoms with E-state index in [-0.39, 0.29) is 99.2 Å². The molecule has 0 radical (unpaired) electrons. The molecule has 14 N–H and O–H groups in total. The number of likely N-dealkylation sites (N-methyl/N-ethyl adjacent to an activating group) is 1. The fourth-order valence-corrected chi connectivity index (χ4v) is 21.2. The van der Waals surface area contributed by atoms with E-state index in [1.807, 2.05) is 62.3 Å². The van der Waals surface area contributed by atoms with Gasteiger partial charge in [0.25, 0.3) is 17.7 Å². The van der Waals surface area contributed by atoms with Gasteiger partial charge in [-0.25, -0.2) is 48.6 Å². The summed E-state index contributed by atoms with van der Waals surface area (Å²) < 4.78 is 241. The summed E-state index contributed by atoms with van der Waals surface area (Å²) in [6, 6.07) is -12.9. The van der Waals surface area contributed by atoms with Crippen LogP contribution < -0.4 is 37.5 Å². The zero-order valence-electron chi connectivity index (χ0n) is 82.0. The maximum Gasteiger partial charge on any atom is 0.418 e. The Bertz CT molecular complexity index is 5570. The summed E-state index contributed by atoms with van der Waals surface area (Å²) in [5.41, 5.74) is 8.10. The Balaban J connectivity index is 0.000000191. The second-order valence-electron chi connectivity index (χ2n) is 37.2. The molecule has 15 fully saturated rings. The minimum atomic E-state index is -4.79. The third kappa shape index (κ3) is 33.1. The number of hydrazine groups is 3. The minimum absolute atomic E-state index is 0.0823. The largest absolute Gasteiger partial charge is 0.418 e. The van der Waals surface area contributed by atoms with Crippen molar-refractivity contribution in [2.24, 2.45) is 11.8 Å². The van der Waals surface area contributed by atoms with Crippen LogP contribution in [0.1, 0.15) is 178 Å². The van der Waals surface area contributed by atoms with Gasteiger partial charge in [0.2, 0.25) is 23.6 Å². The molecule has 1 saturated carbocycles. The number of nitrogens with zero attached hydrogens (tertiary/aromatic N) is 17. The molecule has 0 aromatic carbocycles. The Morgan fingerprint density at radius 2 is 0.524 bits per heavy atom. The number of carbonyl (C=O) groups excluding carboxylic acids is 14. The number of carbonyl (C=O) groups is 14. The van der Waals surface area contributed by atoms with Gasteiger partial charge >= 0.3 is 115 Å². The number of hydrogen-bond donors (Lipinski definition) is 14. The number of hydrogen-bond acceptors (Lipinski definition) is 38. The van der Waals surface area contributed by atoms with E-state index in [0.29, 0.717) is 176 Å². The second kappa shape index (κ2) is 49.9. The average molecular weight is 2250 g/mol. The van der Waals surface area contributed by atoms with Crippen LogP contribution in [0.5, 0.6) is 0 Å².